The molecule has 0 unspecified atom stereocenters. The van der Waals surface area contributed by atoms with Gasteiger partial charge in [0.05, 0.1) is 38.5 Å². The van der Waals surface area contributed by atoms with Crippen molar-refractivity contribution in [3.63, 3.8) is 0 Å². The molecule has 1 aliphatic heterocycles. The highest BCUT2D eigenvalue weighted by Crippen LogP contribution is 2.38. The monoisotopic (exact) mass is 621 g/mol. The van der Waals surface area contributed by atoms with Crippen molar-refractivity contribution in [1.82, 2.24) is 4.90 Å². The molecular weight excluding hydrogens is 574 g/mol. The first-order valence-corrected chi connectivity index (χ1v) is 18.1. The molecule has 238 valence electrons. The van der Waals surface area contributed by atoms with Crippen molar-refractivity contribution in [2.45, 2.75) is 89.1 Å². The molecule has 2 N–H and O–H groups in total. The highest BCUT2D eigenvalue weighted by Gasteiger charge is 2.52. The number of ether oxygens (including phenoxy) is 3. The largest absolute Gasteiger partial charge is 0.445 e. The number of amides is 1. The molecule has 1 aliphatic rings. The van der Waals surface area contributed by atoms with Crippen LogP contribution in [0, 0.1) is 0 Å². The minimum Gasteiger partial charge on any atom is -0.445 e. The SMILES string of the molecule is CC(C)(C)[Si](C)(C)OC[C@@H]1[C@@H](OCc2ccccc2)[C@H](O)[C@H](O)[C@H](COCc2ccccc2)N1C(=O)OCc1ccccc1. The average Bonchev–Trinajstić information content (AvgIpc) is 3.01. The fraction of sp³-hybridized carbons (Fsp3) is 0.457. The number of hydrogen-bond donors (Lipinski definition) is 2. The second-order valence-electron chi connectivity index (χ2n) is 12.9. The summed E-state index contributed by atoms with van der Waals surface area (Å²) in [6.45, 7) is 11.3. The minimum absolute atomic E-state index is 0.0183. The lowest BCUT2D eigenvalue weighted by atomic mass is 9.88. The third kappa shape index (κ3) is 8.77. The van der Waals surface area contributed by atoms with Crippen LogP contribution in [0.5, 0.6) is 0 Å². The Balaban J connectivity index is 1.64. The van der Waals surface area contributed by atoms with Crippen molar-refractivity contribution in [3.05, 3.63) is 108 Å². The van der Waals surface area contributed by atoms with Crippen molar-refractivity contribution in [2.75, 3.05) is 13.2 Å². The van der Waals surface area contributed by atoms with Crippen LogP contribution < -0.4 is 0 Å². The second-order valence-corrected chi connectivity index (χ2v) is 17.7. The van der Waals surface area contributed by atoms with E-state index in [2.05, 4.69) is 33.9 Å². The Bertz CT molecular complexity index is 1290. The van der Waals surface area contributed by atoms with Crippen LogP contribution in [0.2, 0.25) is 18.1 Å². The summed E-state index contributed by atoms with van der Waals surface area (Å²) < 4.78 is 24.8. The Kier molecular flexibility index (Phi) is 11.8. The van der Waals surface area contributed by atoms with Gasteiger partial charge in [-0.2, -0.15) is 0 Å². The quantitative estimate of drug-likeness (QED) is 0.242. The number of aliphatic hydroxyl groups is 2. The Labute approximate surface area is 262 Å². The first-order chi connectivity index (χ1) is 21.0. The smallest absolute Gasteiger partial charge is 0.410 e. The van der Waals surface area contributed by atoms with Gasteiger partial charge < -0.3 is 28.8 Å². The molecule has 8 nitrogen and oxygen atoms in total. The zero-order valence-corrected chi connectivity index (χ0v) is 27.5. The first kappa shape index (κ1) is 33.8. The number of aliphatic hydroxyl groups excluding tert-OH is 2. The van der Waals surface area contributed by atoms with E-state index >= 15 is 0 Å². The van der Waals surface area contributed by atoms with Gasteiger partial charge in [-0.15, -0.1) is 0 Å². The van der Waals surface area contributed by atoms with Crippen LogP contribution >= 0.6 is 0 Å². The molecule has 1 heterocycles. The molecule has 3 aromatic rings. The molecule has 1 saturated heterocycles. The van der Waals surface area contributed by atoms with E-state index in [1.807, 2.05) is 91.0 Å². The molecule has 44 heavy (non-hydrogen) atoms. The first-order valence-electron chi connectivity index (χ1n) is 15.2. The summed E-state index contributed by atoms with van der Waals surface area (Å²) >= 11 is 0. The van der Waals surface area contributed by atoms with Gasteiger partial charge in [0.15, 0.2) is 8.32 Å². The number of carbonyl (C=O) groups is 1. The zero-order valence-electron chi connectivity index (χ0n) is 26.5. The van der Waals surface area contributed by atoms with Crippen molar-refractivity contribution < 1.29 is 33.6 Å². The lowest BCUT2D eigenvalue weighted by Crippen LogP contribution is -2.70. The molecule has 3 aromatic carbocycles. The molecule has 1 amide bonds. The summed E-state index contributed by atoms with van der Waals surface area (Å²) in [7, 11) is -2.28. The molecular formula is C35H47NO7Si. The fourth-order valence-corrected chi connectivity index (χ4v) is 6.02. The molecule has 9 heteroatoms. The lowest BCUT2D eigenvalue weighted by molar-refractivity contribution is -0.192. The van der Waals surface area contributed by atoms with Crippen LogP contribution in [0.3, 0.4) is 0 Å². The Morgan fingerprint density at radius 3 is 1.75 bits per heavy atom. The summed E-state index contributed by atoms with van der Waals surface area (Å²) in [6, 6.07) is 27.0. The van der Waals surface area contributed by atoms with E-state index in [1.165, 1.54) is 4.90 Å². The van der Waals surface area contributed by atoms with Crippen molar-refractivity contribution in [3.8, 4) is 0 Å². The van der Waals surface area contributed by atoms with Gasteiger partial charge in [0.25, 0.3) is 0 Å². The van der Waals surface area contributed by atoms with E-state index in [0.717, 1.165) is 16.7 Å². The van der Waals surface area contributed by atoms with Gasteiger partial charge in [0.1, 0.15) is 24.9 Å². The third-order valence-electron chi connectivity index (χ3n) is 8.70. The third-order valence-corrected chi connectivity index (χ3v) is 13.2. The van der Waals surface area contributed by atoms with Gasteiger partial charge in [0.2, 0.25) is 0 Å². The van der Waals surface area contributed by atoms with Gasteiger partial charge in [0, 0.05) is 0 Å². The number of nitrogens with zero attached hydrogens (tertiary/aromatic N) is 1. The maximum absolute atomic E-state index is 14.0. The Morgan fingerprint density at radius 1 is 0.727 bits per heavy atom. The molecule has 4 rings (SSSR count). The Hall–Kier alpha value is -3.05. The van der Waals surface area contributed by atoms with Gasteiger partial charge in [-0.05, 0) is 34.8 Å². The summed E-state index contributed by atoms with van der Waals surface area (Å²) in [5, 5.41) is 22.9. The van der Waals surface area contributed by atoms with E-state index in [-0.39, 0.29) is 38.1 Å². The van der Waals surface area contributed by atoms with E-state index < -0.39 is 44.8 Å². The number of rotatable bonds is 12. The number of carbonyl (C=O) groups excluding carboxylic acids is 1. The highest BCUT2D eigenvalue weighted by molar-refractivity contribution is 6.74. The van der Waals surface area contributed by atoms with E-state index in [0.29, 0.717) is 0 Å². The number of likely N-dealkylation sites (tertiary alicyclic amines) is 1. The average molecular weight is 622 g/mol. The van der Waals surface area contributed by atoms with Gasteiger partial charge >= 0.3 is 6.09 Å². The topological polar surface area (TPSA) is 97.7 Å². The highest BCUT2D eigenvalue weighted by atomic mass is 28.4. The summed E-state index contributed by atoms with van der Waals surface area (Å²) in [4.78, 5) is 15.5. The standard InChI is InChI=1S/C35H47NO7Si/c1-35(2,3)44(4,5)43-25-30-33(41-22-27-17-11-7-12-18-27)32(38)31(37)29(24-40-21-26-15-9-6-10-16-26)36(30)34(39)42-23-28-19-13-8-14-20-28/h6-20,29-33,37-38H,21-25H2,1-5H3/t29-,30+,31+,32+,33+/m0/s1. The van der Waals surface area contributed by atoms with Crippen LogP contribution in [0.4, 0.5) is 4.79 Å². The number of hydrogen-bond acceptors (Lipinski definition) is 7. The maximum atomic E-state index is 14.0. The van der Waals surface area contributed by atoms with Crippen molar-refractivity contribution in [1.29, 1.82) is 0 Å². The number of piperidine rings is 1. The van der Waals surface area contributed by atoms with Crippen molar-refractivity contribution in [2.24, 2.45) is 0 Å². The van der Waals surface area contributed by atoms with Gasteiger partial charge in [-0.3, -0.25) is 4.90 Å². The number of benzene rings is 3. The van der Waals surface area contributed by atoms with Crippen LogP contribution in [-0.4, -0.2) is 73.1 Å². The molecule has 0 spiro atoms. The molecule has 0 aromatic heterocycles. The normalized spacial score (nSPS) is 22.5. The van der Waals surface area contributed by atoms with Crippen LogP contribution in [-0.2, 0) is 38.5 Å². The Morgan fingerprint density at radius 2 is 1.23 bits per heavy atom. The van der Waals surface area contributed by atoms with E-state index in [9.17, 15) is 15.0 Å². The second kappa shape index (κ2) is 15.3. The van der Waals surface area contributed by atoms with Gasteiger partial charge in [-0.25, -0.2) is 4.79 Å². The van der Waals surface area contributed by atoms with Crippen LogP contribution in [0.15, 0.2) is 91.0 Å². The summed E-state index contributed by atoms with van der Waals surface area (Å²) in [5.74, 6) is 0. The van der Waals surface area contributed by atoms with E-state index in [4.69, 9.17) is 18.6 Å². The molecule has 0 aliphatic carbocycles. The maximum Gasteiger partial charge on any atom is 0.410 e. The molecule has 0 radical (unpaired) electrons. The van der Waals surface area contributed by atoms with Crippen molar-refractivity contribution >= 4 is 14.4 Å². The fourth-order valence-electron chi connectivity index (χ4n) is 5.00. The predicted octanol–water partition coefficient (Wildman–Crippen LogP) is 5.92. The minimum atomic E-state index is -2.28. The zero-order chi connectivity index (χ0) is 31.7. The molecule has 0 bridgehead atoms. The molecule has 1 fully saturated rings. The summed E-state index contributed by atoms with van der Waals surface area (Å²) in [6.07, 6.45) is -4.22. The molecule has 5 atom stereocenters. The summed E-state index contributed by atoms with van der Waals surface area (Å²) in [5.41, 5.74) is 2.70. The predicted molar refractivity (Wildman–Crippen MR) is 172 cm³/mol. The lowest BCUT2D eigenvalue weighted by Gasteiger charge is -2.50. The molecule has 0 saturated carbocycles. The van der Waals surface area contributed by atoms with Crippen LogP contribution in [0.1, 0.15) is 37.5 Å². The van der Waals surface area contributed by atoms with Crippen LogP contribution in [0.25, 0.3) is 0 Å². The van der Waals surface area contributed by atoms with E-state index in [1.54, 1.807) is 0 Å². The van der Waals surface area contributed by atoms with Gasteiger partial charge in [-0.1, -0.05) is 112 Å².